The summed E-state index contributed by atoms with van der Waals surface area (Å²) in [5.41, 5.74) is 1.18. The van der Waals surface area contributed by atoms with Crippen molar-refractivity contribution in [2.75, 3.05) is 17.7 Å². The first-order valence-electron chi connectivity index (χ1n) is 5.47. The lowest BCUT2D eigenvalue weighted by atomic mass is 10.1. The van der Waals surface area contributed by atoms with Gasteiger partial charge in [0, 0.05) is 18.7 Å². The summed E-state index contributed by atoms with van der Waals surface area (Å²) in [4.78, 5) is 8.51. The minimum Gasteiger partial charge on any atom is -0.373 e. The molecule has 0 saturated carbocycles. The van der Waals surface area contributed by atoms with Crippen LogP contribution in [0.25, 0.3) is 0 Å². The van der Waals surface area contributed by atoms with E-state index in [1.54, 1.807) is 6.33 Å². The molecule has 0 fully saturated rings. The monoisotopic (exact) mass is 208 g/mol. The fourth-order valence-corrected chi connectivity index (χ4v) is 1.51. The van der Waals surface area contributed by atoms with E-state index in [9.17, 15) is 0 Å². The molecule has 4 nitrogen and oxygen atoms in total. The number of nitrogens with one attached hydrogen (secondary N) is 2. The predicted molar refractivity (Wildman–Crippen MR) is 64.3 cm³/mol. The van der Waals surface area contributed by atoms with Gasteiger partial charge in [-0.3, -0.25) is 0 Å². The normalized spacial score (nSPS) is 10.5. The zero-order valence-electron chi connectivity index (χ0n) is 9.96. The fourth-order valence-electron chi connectivity index (χ4n) is 1.51. The molecule has 0 aromatic carbocycles. The minimum absolute atomic E-state index is 0.389. The molecular weight excluding hydrogens is 188 g/mol. The molecule has 0 saturated heterocycles. The Kier molecular flexibility index (Phi) is 4.34. The van der Waals surface area contributed by atoms with Crippen LogP contribution in [0.5, 0.6) is 0 Å². The van der Waals surface area contributed by atoms with Gasteiger partial charge in [0.25, 0.3) is 0 Å². The number of rotatable bonds is 5. The van der Waals surface area contributed by atoms with Crippen molar-refractivity contribution >= 4 is 11.6 Å². The van der Waals surface area contributed by atoms with Crippen molar-refractivity contribution in [1.29, 1.82) is 0 Å². The summed E-state index contributed by atoms with van der Waals surface area (Å²) in [6.07, 6.45) is 3.68. The van der Waals surface area contributed by atoms with E-state index in [1.165, 1.54) is 5.56 Å². The Morgan fingerprint density at radius 2 is 1.93 bits per heavy atom. The van der Waals surface area contributed by atoms with Crippen molar-refractivity contribution in [3.63, 3.8) is 0 Å². The molecule has 1 heterocycles. The summed E-state index contributed by atoms with van der Waals surface area (Å²) in [6, 6.07) is 0.389. The van der Waals surface area contributed by atoms with Crippen LogP contribution in [0.2, 0.25) is 0 Å². The van der Waals surface area contributed by atoms with Crippen molar-refractivity contribution < 1.29 is 0 Å². The maximum Gasteiger partial charge on any atom is 0.134 e. The number of nitrogens with zero attached hydrogens (tertiary/aromatic N) is 2. The lowest BCUT2D eigenvalue weighted by molar-refractivity contribution is 0.857. The molecule has 15 heavy (non-hydrogen) atoms. The quantitative estimate of drug-likeness (QED) is 0.779. The van der Waals surface area contributed by atoms with E-state index in [4.69, 9.17) is 0 Å². The van der Waals surface area contributed by atoms with Crippen LogP contribution in [0.15, 0.2) is 6.33 Å². The molecule has 0 amide bonds. The summed E-state index contributed by atoms with van der Waals surface area (Å²) >= 11 is 0. The van der Waals surface area contributed by atoms with E-state index in [-0.39, 0.29) is 0 Å². The van der Waals surface area contributed by atoms with Gasteiger partial charge in [0.15, 0.2) is 0 Å². The molecule has 4 heteroatoms. The first-order valence-corrected chi connectivity index (χ1v) is 5.47. The maximum absolute atomic E-state index is 4.28. The van der Waals surface area contributed by atoms with Gasteiger partial charge in [0.2, 0.25) is 0 Å². The van der Waals surface area contributed by atoms with Crippen LogP contribution < -0.4 is 10.6 Å². The third-order valence-corrected chi connectivity index (χ3v) is 2.11. The molecule has 0 bridgehead atoms. The van der Waals surface area contributed by atoms with E-state index < -0.39 is 0 Å². The first-order chi connectivity index (χ1) is 7.19. The van der Waals surface area contributed by atoms with E-state index in [0.29, 0.717) is 6.04 Å². The molecule has 1 aromatic rings. The molecular formula is C11H20N4. The molecule has 0 aliphatic rings. The van der Waals surface area contributed by atoms with Gasteiger partial charge in [0.1, 0.15) is 18.0 Å². The largest absolute Gasteiger partial charge is 0.373 e. The van der Waals surface area contributed by atoms with Crippen molar-refractivity contribution in [2.45, 2.75) is 39.7 Å². The molecule has 0 aliphatic carbocycles. The number of anilines is 2. The summed E-state index contributed by atoms with van der Waals surface area (Å²) in [5, 5.41) is 6.44. The van der Waals surface area contributed by atoms with E-state index >= 15 is 0 Å². The zero-order valence-corrected chi connectivity index (χ0v) is 9.96. The Labute approximate surface area is 91.5 Å². The van der Waals surface area contributed by atoms with Crippen LogP contribution in [-0.4, -0.2) is 23.1 Å². The minimum atomic E-state index is 0.389. The summed E-state index contributed by atoms with van der Waals surface area (Å²) in [7, 11) is 1.89. The fraction of sp³-hybridized carbons (Fsp3) is 0.636. The van der Waals surface area contributed by atoms with Crippen LogP contribution in [-0.2, 0) is 6.42 Å². The molecule has 0 radical (unpaired) electrons. The number of aromatic nitrogens is 2. The predicted octanol–water partition coefficient (Wildman–Crippen LogP) is 2.29. The van der Waals surface area contributed by atoms with Gasteiger partial charge < -0.3 is 10.6 Å². The SMILES string of the molecule is CCCc1c(NC)ncnc1NC(C)C. The highest BCUT2D eigenvalue weighted by atomic mass is 15.1. The highest BCUT2D eigenvalue weighted by Crippen LogP contribution is 2.21. The van der Waals surface area contributed by atoms with Gasteiger partial charge in [-0.05, 0) is 20.3 Å². The van der Waals surface area contributed by atoms with Gasteiger partial charge in [-0.15, -0.1) is 0 Å². The third-order valence-electron chi connectivity index (χ3n) is 2.11. The van der Waals surface area contributed by atoms with Crippen LogP contribution in [0.3, 0.4) is 0 Å². The van der Waals surface area contributed by atoms with Gasteiger partial charge in [-0.2, -0.15) is 0 Å². The summed E-state index contributed by atoms with van der Waals surface area (Å²) in [5.74, 6) is 1.88. The smallest absolute Gasteiger partial charge is 0.134 e. The van der Waals surface area contributed by atoms with E-state index in [2.05, 4.69) is 41.4 Å². The summed E-state index contributed by atoms with van der Waals surface area (Å²) in [6.45, 7) is 6.37. The molecule has 1 rings (SSSR count). The average molecular weight is 208 g/mol. The van der Waals surface area contributed by atoms with E-state index in [1.807, 2.05) is 7.05 Å². The molecule has 0 unspecified atom stereocenters. The second-order valence-corrected chi connectivity index (χ2v) is 3.85. The maximum atomic E-state index is 4.28. The Morgan fingerprint density at radius 3 is 2.47 bits per heavy atom. The number of hydrogen-bond donors (Lipinski definition) is 2. The van der Waals surface area contributed by atoms with Crippen LogP contribution in [0.4, 0.5) is 11.6 Å². The van der Waals surface area contributed by atoms with Crippen molar-refractivity contribution in [1.82, 2.24) is 9.97 Å². The van der Waals surface area contributed by atoms with Crippen LogP contribution in [0, 0.1) is 0 Å². The van der Waals surface area contributed by atoms with Crippen molar-refractivity contribution in [2.24, 2.45) is 0 Å². The van der Waals surface area contributed by atoms with Gasteiger partial charge in [-0.25, -0.2) is 9.97 Å². The van der Waals surface area contributed by atoms with Gasteiger partial charge in [0.05, 0.1) is 0 Å². The average Bonchev–Trinajstić information content (AvgIpc) is 2.20. The second kappa shape index (κ2) is 5.53. The molecule has 0 atom stereocenters. The van der Waals surface area contributed by atoms with Crippen molar-refractivity contribution in [3.05, 3.63) is 11.9 Å². The van der Waals surface area contributed by atoms with E-state index in [0.717, 1.165) is 24.5 Å². The molecule has 0 aliphatic heterocycles. The lowest BCUT2D eigenvalue weighted by Crippen LogP contribution is -2.14. The van der Waals surface area contributed by atoms with Crippen molar-refractivity contribution in [3.8, 4) is 0 Å². The lowest BCUT2D eigenvalue weighted by Gasteiger charge is -2.15. The highest BCUT2D eigenvalue weighted by Gasteiger charge is 2.09. The Balaban J connectivity index is 3.01. The van der Waals surface area contributed by atoms with Crippen LogP contribution in [0.1, 0.15) is 32.8 Å². The molecule has 1 aromatic heterocycles. The topological polar surface area (TPSA) is 49.8 Å². The molecule has 0 spiro atoms. The van der Waals surface area contributed by atoms with Crippen LogP contribution >= 0.6 is 0 Å². The standard InChI is InChI=1S/C11H20N4/c1-5-6-9-10(12-4)13-7-14-11(9)15-8(2)3/h7-8H,5-6H2,1-4H3,(H2,12,13,14,15). The molecule has 2 N–H and O–H groups in total. The Bertz CT molecular complexity index is 309. The van der Waals surface area contributed by atoms with Gasteiger partial charge in [-0.1, -0.05) is 13.3 Å². The second-order valence-electron chi connectivity index (χ2n) is 3.85. The highest BCUT2D eigenvalue weighted by molar-refractivity contribution is 5.57. The summed E-state index contributed by atoms with van der Waals surface area (Å²) < 4.78 is 0. The van der Waals surface area contributed by atoms with Gasteiger partial charge >= 0.3 is 0 Å². The zero-order chi connectivity index (χ0) is 11.3. The first kappa shape index (κ1) is 11.8. The number of hydrogen-bond acceptors (Lipinski definition) is 4. The Hall–Kier alpha value is -1.32. The Morgan fingerprint density at radius 1 is 1.27 bits per heavy atom. The molecule has 84 valence electrons. The third kappa shape index (κ3) is 3.08.